The Morgan fingerprint density at radius 1 is 1.20 bits per heavy atom. The molecule has 0 aliphatic heterocycles. The van der Waals surface area contributed by atoms with Crippen molar-refractivity contribution < 1.29 is 0 Å². The molecule has 2 aromatic carbocycles. The van der Waals surface area contributed by atoms with Gasteiger partial charge in [0.15, 0.2) is 0 Å². The summed E-state index contributed by atoms with van der Waals surface area (Å²) in [6.45, 7) is 1.97. The molecule has 0 fully saturated rings. The van der Waals surface area contributed by atoms with Crippen molar-refractivity contribution in [1.82, 2.24) is 9.55 Å². The van der Waals surface area contributed by atoms with Crippen LogP contribution < -0.4 is 0 Å². The number of nitrogens with zero attached hydrogens (tertiary/aromatic N) is 3. The summed E-state index contributed by atoms with van der Waals surface area (Å²) in [6.07, 6.45) is 0. The van der Waals surface area contributed by atoms with Gasteiger partial charge in [0.2, 0.25) is 0 Å². The van der Waals surface area contributed by atoms with Crippen molar-refractivity contribution in [2.24, 2.45) is 7.05 Å². The monoisotopic (exact) mass is 281 g/mol. The Labute approximate surface area is 122 Å². The zero-order valence-electron chi connectivity index (χ0n) is 11.2. The van der Waals surface area contributed by atoms with Crippen LogP contribution in [-0.2, 0) is 7.05 Å². The molecule has 1 aromatic heterocycles. The van der Waals surface area contributed by atoms with E-state index in [2.05, 4.69) is 11.1 Å². The minimum absolute atomic E-state index is 0.633. The summed E-state index contributed by atoms with van der Waals surface area (Å²) in [6, 6.07) is 13.6. The molecule has 0 aliphatic carbocycles. The number of nitriles is 1. The minimum atomic E-state index is 0.633. The van der Waals surface area contributed by atoms with Gasteiger partial charge in [0.1, 0.15) is 5.82 Å². The van der Waals surface area contributed by atoms with Gasteiger partial charge in [0.25, 0.3) is 0 Å². The molecule has 0 unspecified atom stereocenters. The fourth-order valence-corrected chi connectivity index (χ4v) is 2.43. The van der Waals surface area contributed by atoms with Gasteiger partial charge < -0.3 is 4.57 Å². The van der Waals surface area contributed by atoms with Crippen LogP contribution in [0, 0.1) is 18.3 Å². The molecule has 0 saturated carbocycles. The molecule has 1 heterocycles. The van der Waals surface area contributed by atoms with Crippen LogP contribution in [0.15, 0.2) is 36.4 Å². The van der Waals surface area contributed by atoms with Gasteiger partial charge in [0.05, 0.1) is 22.7 Å². The van der Waals surface area contributed by atoms with Crippen molar-refractivity contribution in [2.45, 2.75) is 6.92 Å². The van der Waals surface area contributed by atoms with Gasteiger partial charge in [-0.25, -0.2) is 4.98 Å². The molecule has 0 aliphatic rings. The molecule has 3 aromatic rings. The van der Waals surface area contributed by atoms with E-state index >= 15 is 0 Å². The van der Waals surface area contributed by atoms with Crippen LogP contribution in [0.3, 0.4) is 0 Å². The van der Waals surface area contributed by atoms with E-state index in [4.69, 9.17) is 16.9 Å². The SMILES string of the molecule is Cc1ccc(-c2nc3ccc(C#N)cc3n2C)cc1Cl. The van der Waals surface area contributed by atoms with Crippen molar-refractivity contribution in [3.8, 4) is 17.5 Å². The van der Waals surface area contributed by atoms with Crippen molar-refractivity contribution in [3.63, 3.8) is 0 Å². The number of aromatic nitrogens is 2. The van der Waals surface area contributed by atoms with E-state index in [0.29, 0.717) is 5.56 Å². The molecular formula is C16H12ClN3. The first-order chi connectivity index (χ1) is 9.60. The molecule has 4 heteroatoms. The lowest BCUT2D eigenvalue weighted by Crippen LogP contribution is -1.93. The third-order valence-electron chi connectivity index (χ3n) is 3.44. The average molecular weight is 282 g/mol. The first kappa shape index (κ1) is 12.7. The van der Waals surface area contributed by atoms with Crippen molar-refractivity contribution in [3.05, 3.63) is 52.5 Å². The summed E-state index contributed by atoms with van der Waals surface area (Å²) in [4.78, 5) is 4.62. The third-order valence-corrected chi connectivity index (χ3v) is 3.85. The van der Waals surface area contributed by atoms with Gasteiger partial charge in [-0.3, -0.25) is 0 Å². The van der Waals surface area contributed by atoms with E-state index in [1.807, 2.05) is 48.9 Å². The number of hydrogen-bond acceptors (Lipinski definition) is 2. The summed E-state index contributed by atoms with van der Waals surface area (Å²) < 4.78 is 1.98. The summed E-state index contributed by atoms with van der Waals surface area (Å²) in [5, 5.41) is 9.71. The van der Waals surface area contributed by atoms with Crippen LogP contribution in [0.2, 0.25) is 5.02 Å². The van der Waals surface area contributed by atoms with E-state index in [1.165, 1.54) is 0 Å². The largest absolute Gasteiger partial charge is 0.327 e. The minimum Gasteiger partial charge on any atom is -0.327 e. The van der Waals surface area contributed by atoms with Gasteiger partial charge in [-0.1, -0.05) is 23.7 Å². The fourth-order valence-electron chi connectivity index (χ4n) is 2.25. The molecule has 3 rings (SSSR count). The summed E-state index contributed by atoms with van der Waals surface area (Å²) in [7, 11) is 1.94. The molecule has 0 bridgehead atoms. The lowest BCUT2D eigenvalue weighted by molar-refractivity contribution is 0.959. The molecule has 3 nitrogen and oxygen atoms in total. The number of hydrogen-bond donors (Lipinski definition) is 0. The zero-order valence-corrected chi connectivity index (χ0v) is 11.9. The molecule has 20 heavy (non-hydrogen) atoms. The third kappa shape index (κ3) is 1.95. The lowest BCUT2D eigenvalue weighted by atomic mass is 10.1. The second-order valence-corrected chi connectivity index (χ2v) is 5.18. The standard InChI is InChI=1S/C16H12ClN3/c1-10-3-5-12(8-13(10)17)16-19-14-6-4-11(9-18)7-15(14)20(16)2/h3-8H,1-2H3. The van der Waals surface area contributed by atoms with Crippen molar-refractivity contribution in [1.29, 1.82) is 5.26 Å². The first-order valence-electron chi connectivity index (χ1n) is 6.23. The van der Waals surface area contributed by atoms with Crippen LogP contribution in [0.25, 0.3) is 22.4 Å². The maximum Gasteiger partial charge on any atom is 0.140 e. The molecule has 0 saturated heterocycles. The van der Waals surface area contributed by atoms with Crippen LogP contribution in [-0.4, -0.2) is 9.55 Å². The van der Waals surface area contributed by atoms with E-state index in [1.54, 1.807) is 6.07 Å². The molecule has 0 radical (unpaired) electrons. The van der Waals surface area contributed by atoms with Crippen molar-refractivity contribution >= 4 is 22.6 Å². The van der Waals surface area contributed by atoms with Gasteiger partial charge in [-0.05, 0) is 36.8 Å². The van der Waals surface area contributed by atoms with Crippen LogP contribution >= 0.6 is 11.6 Å². The highest BCUT2D eigenvalue weighted by atomic mass is 35.5. The second-order valence-electron chi connectivity index (χ2n) is 4.77. The highest BCUT2D eigenvalue weighted by Gasteiger charge is 2.11. The Kier molecular flexibility index (Phi) is 2.96. The zero-order chi connectivity index (χ0) is 14.3. The number of aryl methyl sites for hydroxylation is 2. The maximum absolute atomic E-state index is 8.98. The van der Waals surface area contributed by atoms with E-state index in [0.717, 1.165) is 33.0 Å². The second kappa shape index (κ2) is 4.66. The normalized spacial score (nSPS) is 10.7. The highest BCUT2D eigenvalue weighted by molar-refractivity contribution is 6.31. The number of rotatable bonds is 1. The van der Waals surface area contributed by atoms with Gasteiger partial charge >= 0.3 is 0 Å². The topological polar surface area (TPSA) is 41.6 Å². The number of fused-ring (bicyclic) bond motifs is 1. The van der Waals surface area contributed by atoms with Gasteiger partial charge in [0, 0.05) is 17.6 Å². The number of benzene rings is 2. The number of imidazole rings is 1. The number of halogens is 1. The molecular weight excluding hydrogens is 270 g/mol. The van der Waals surface area contributed by atoms with Crippen LogP contribution in [0.4, 0.5) is 0 Å². The van der Waals surface area contributed by atoms with Crippen LogP contribution in [0.1, 0.15) is 11.1 Å². The fraction of sp³-hybridized carbons (Fsp3) is 0.125. The Bertz CT molecular complexity index is 856. The molecule has 0 amide bonds. The Hall–Kier alpha value is -2.31. The van der Waals surface area contributed by atoms with Gasteiger partial charge in [-0.15, -0.1) is 0 Å². The predicted octanol–water partition coefficient (Wildman–Crippen LogP) is 4.07. The quantitative estimate of drug-likeness (QED) is 0.674. The predicted molar refractivity (Wildman–Crippen MR) is 80.6 cm³/mol. The summed E-state index contributed by atoms with van der Waals surface area (Å²) >= 11 is 6.18. The van der Waals surface area contributed by atoms with Gasteiger partial charge in [-0.2, -0.15) is 5.26 Å². The molecule has 98 valence electrons. The molecule has 0 N–H and O–H groups in total. The maximum atomic E-state index is 8.98. The highest BCUT2D eigenvalue weighted by Crippen LogP contribution is 2.27. The molecule has 0 spiro atoms. The Morgan fingerprint density at radius 3 is 2.70 bits per heavy atom. The average Bonchev–Trinajstić information content (AvgIpc) is 2.79. The van der Waals surface area contributed by atoms with E-state index in [-0.39, 0.29) is 0 Å². The van der Waals surface area contributed by atoms with E-state index < -0.39 is 0 Å². The van der Waals surface area contributed by atoms with Crippen LogP contribution in [0.5, 0.6) is 0 Å². The Balaban J connectivity index is 2.24. The summed E-state index contributed by atoms with van der Waals surface area (Å²) in [5.41, 5.74) is 4.46. The van der Waals surface area contributed by atoms with E-state index in [9.17, 15) is 0 Å². The molecule has 0 atom stereocenters. The first-order valence-corrected chi connectivity index (χ1v) is 6.61. The van der Waals surface area contributed by atoms with Crippen molar-refractivity contribution in [2.75, 3.05) is 0 Å². The summed E-state index contributed by atoms with van der Waals surface area (Å²) in [5.74, 6) is 0.844. The Morgan fingerprint density at radius 2 is 2.00 bits per heavy atom. The smallest absolute Gasteiger partial charge is 0.140 e. The lowest BCUT2D eigenvalue weighted by Gasteiger charge is -2.04.